The van der Waals surface area contributed by atoms with E-state index >= 15 is 0 Å². The highest BCUT2D eigenvalue weighted by Crippen LogP contribution is 2.22. The molecular weight excluding hydrogens is 158 g/mol. The van der Waals surface area contributed by atoms with Crippen molar-refractivity contribution in [2.24, 2.45) is 5.73 Å². The van der Waals surface area contributed by atoms with Gasteiger partial charge in [0.25, 0.3) is 0 Å². The van der Waals surface area contributed by atoms with Crippen molar-refractivity contribution >= 4 is 0 Å². The van der Waals surface area contributed by atoms with Crippen molar-refractivity contribution < 1.29 is 0 Å². The Morgan fingerprint density at radius 3 is 2.31 bits per heavy atom. The van der Waals surface area contributed by atoms with Crippen LogP contribution in [0.1, 0.15) is 42.1 Å². The Morgan fingerprint density at radius 1 is 1.23 bits per heavy atom. The molecule has 0 saturated carbocycles. The summed E-state index contributed by atoms with van der Waals surface area (Å²) < 4.78 is 0. The van der Waals surface area contributed by atoms with Crippen molar-refractivity contribution in [3.63, 3.8) is 0 Å². The van der Waals surface area contributed by atoms with Crippen LogP contribution in [-0.2, 0) is 6.42 Å². The van der Waals surface area contributed by atoms with Crippen molar-refractivity contribution in [2.75, 3.05) is 0 Å². The van der Waals surface area contributed by atoms with E-state index in [-0.39, 0.29) is 6.04 Å². The molecule has 0 aliphatic rings. The predicted molar refractivity (Wildman–Crippen MR) is 57.9 cm³/mol. The monoisotopic (exact) mass is 177 g/mol. The second-order valence-corrected chi connectivity index (χ2v) is 3.71. The van der Waals surface area contributed by atoms with Gasteiger partial charge in [-0.1, -0.05) is 19.1 Å². The molecule has 1 atom stereocenters. The smallest absolute Gasteiger partial charge is 0.0268 e. The van der Waals surface area contributed by atoms with Crippen molar-refractivity contribution in [2.45, 2.75) is 40.2 Å². The minimum atomic E-state index is 0.143. The molecule has 0 spiro atoms. The van der Waals surface area contributed by atoms with E-state index in [0.717, 1.165) is 6.42 Å². The SMILES string of the molecule is CCc1ccc(C(C)N)c(C)c1C. The van der Waals surface area contributed by atoms with Crippen LogP contribution in [0.25, 0.3) is 0 Å². The zero-order chi connectivity index (χ0) is 10.0. The van der Waals surface area contributed by atoms with Gasteiger partial charge in [-0.2, -0.15) is 0 Å². The molecule has 1 rings (SSSR count). The minimum Gasteiger partial charge on any atom is -0.324 e. The number of benzene rings is 1. The van der Waals surface area contributed by atoms with Crippen LogP contribution in [0.15, 0.2) is 12.1 Å². The summed E-state index contributed by atoms with van der Waals surface area (Å²) in [7, 11) is 0. The van der Waals surface area contributed by atoms with Gasteiger partial charge in [-0.3, -0.25) is 0 Å². The lowest BCUT2D eigenvalue weighted by Crippen LogP contribution is -2.08. The van der Waals surface area contributed by atoms with Crippen LogP contribution in [0.5, 0.6) is 0 Å². The summed E-state index contributed by atoms with van der Waals surface area (Å²) in [4.78, 5) is 0. The molecule has 1 aromatic rings. The molecule has 1 unspecified atom stereocenters. The van der Waals surface area contributed by atoms with E-state index < -0.39 is 0 Å². The summed E-state index contributed by atoms with van der Waals surface area (Å²) in [5.74, 6) is 0. The average Bonchev–Trinajstić information content (AvgIpc) is 2.09. The molecule has 13 heavy (non-hydrogen) atoms. The Kier molecular flexibility index (Phi) is 3.10. The normalized spacial score (nSPS) is 13.0. The van der Waals surface area contributed by atoms with Gasteiger partial charge < -0.3 is 5.73 Å². The average molecular weight is 177 g/mol. The largest absolute Gasteiger partial charge is 0.324 e. The molecule has 1 heteroatoms. The van der Waals surface area contributed by atoms with E-state index in [2.05, 4.69) is 32.9 Å². The quantitative estimate of drug-likeness (QED) is 0.738. The predicted octanol–water partition coefficient (Wildman–Crippen LogP) is 2.89. The lowest BCUT2D eigenvalue weighted by Gasteiger charge is -2.14. The Hall–Kier alpha value is -0.820. The standard InChI is InChI=1S/C12H19N/c1-5-11-6-7-12(10(4)13)9(3)8(11)2/h6-7,10H,5,13H2,1-4H3. The maximum absolute atomic E-state index is 5.87. The number of rotatable bonds is 2. The van der Waals surface area contributed by atoms with Crippen molar-refractivity contribution in [1.29, 1.82) is 0 Å². The Labute approximate surface area is 81.0 Å². The summed E-state index contributed by atoms with van der Waals surface area (Å²) in [5.41, 5.74) is 11.3. The third-order valence-electron chi connectivity index (χ3n) is 2.81. The second-order valence-electron chi connectivity index (χ2n) is 3.71. The molecule has 0 saturated heterocycles. The summed E-state index contributed by atoms with van der Waals surface area (Å²) >= 11 is 0. The van der Waals surface area contributed by atoms with E-state index in [1.54, 1.807) is 0 Å². The number of hydrogen-bond acceptors (Lipinski definition) is 1. The van der Waals surface area contributed by atoms with Gasteiger partial charge in [-0.05, 0) is 49.4 Å². The summed E-state index contributed by atoms with van der Waals surface area (Å²) in [6.07, 6.45) is 1.10. The first-order valence-electron chi connectivity index (χ1n) is 4.92. The Balaban J connectivity index is 3.23. The molecular formula is C12H19N. The molecule has 0 bridgehead atoms. The first kappa shape index (κ1) is 10.3. The summed E-state index contributed by atoms with van der Waals surface area (Å²) in [6, 6.07) is 4.50. The van der Waals surface area contributed by atoms with Crippen molar-refractivity contribution in [1.82, 2.24) is 0 Å². The van der Waals surface area contributed by atoms with E-state index in [9.17, 15) is 0 Å². The van der Waals surface area contributed by atoms with Gasteiger partial charge in [-0.15, -0.1) is 0 Å². The fraction of sp³-hybridized carbons (Fsp3) is 0.500. The van der Waals surface area contributed by atoms with Gasteiger partial charge in [0.05, 0.1) is 0 Å². The minimum absolute atomic E-state index is 0.143. The summed E-state index contributed by atoms with van der Waals surface area (Å²) in [6.45, 7) is 8.56. The lowest BCUT2D eigenvalue weighted by atomic mass is 9.94. The Bertz CT molecular complexity index is 300. The number of aryl methyl sites for hydroxylation is 1. The second kappa shape index (κ2) is 3.93. The molecule has 2 N–H and O–H groups in total. The van der Waals surface area contributed by atoms with Crippen molar-refractivity contribution in [3.8, 4) is 0 Å². The maximum Gasteiger partial charge on any atom is 0.0268 e. The molecule has 0 aliphatic heterocycles. The number of nitrogens with two attached hydrogens (primary N) is 1. The van der Waals surface area contributed by atoms with E-state index in [4.69, 9.17) is 5.73 Å². The highest BCUT2D eigenvalue weighted by molar-refractivity contribution is 5.40. The third-order valence-corrected chi connectivity index (χ3v) is 2.81. The van der Waals surface area contributed by atoms with Crippen LogP contribution in [0.4, 0.5) is 0 Å². The van der Waals surface area contributed by atoms with Crippen LogP contribution in [-0.4, -0.2) is 0 Å². The van der Waals surface area contributed by atoms with Crippen molar-refractivity contribution in [3.05, 3.63) is 34.4 Å². The molecule has 0 amide bonds. The highest BCUT2D eigenvalue weighted by Gasteiger charge is 2.07. The zero-order valence-electron chi connectivity index (χ0n) is 9.02. The van der Waals surface area contributed by atoms with E-state index in [1.165, 1.54) is 22.3 Å². The topological polar surface area (TPSA) is 26.0 Å². The highest BCUT2D eigenvalue weighted by atomic mass is 14.6. The maximum atomic E-state index is 5.87. The van der Waals surface area contributed by atoms with Crippen LogP contribution in [0, 0.1) is 13.8 Å². The van der Waals surface area contributed by atoms with Gasteiger partial charge in [0.1, 0.15) is 0 Å². The Morgan fingerprint density at radius 2 is 1.85 bits per heavy atom. The molecule has 1 aromatic carbocycles. The summed E-state index contributed by atoms with van der Waals surface area (Å²) in [5, 5.41) is 0. The fourth-order valence-corrected chi connectivity index (χ4v) is 1.77. The molecule has 0 radical (unpaired) electrons. The van der Waals surface area contributed by atoms with E-state index in [1.807, 2.05) is 6.92 Å². The van der Waals surface area contributed by atoms with Gasteiger partial charge >= 0.3 is 0 Å². The molecule has 0 heterocycles. The molecule has 0 fully saturated rings. The van der Waals surface area contributed by atoms with Gasteiger partial charge in [-0.25, -0.2) is 0 Å². The molecule has 0 aromatic heterocycles. The third kappa shape index (κ3) is 1.92. The van der Waals surface area contributed by atoms with Crippen LogP contribution in [0.3, 0.4) is 0 Å². The van der Waals surface area contributed by atoms with Crippen LogP contribution >= 0.6 is 0 Å². The molecule has 1 nitrogen and oxygen atoms in total. The number of hydrogen-bond donors (Lipinski definition) is 1. The molecule has 0 aliphatic carbocycles. The van der Waals surface area contributed by atoms with Crippen LogP contribution in [0.2, 0.25) is 0 Å². The van der Waals surface area contributed by atoms with Crippen LogP contribution < -0.4 is 5.73 Å². The first-order valence-corrected chi connectivity index (χ1v) is 4.92. The molecule has 72 valence electrons. The zero-order valence-corrected chi connectivity index (χ0v) is 9.02. The first-order chi connectivity index (χ1) is 6.07. The van der Waals surface area contributed by atoms with Gasteiger partial charge in [0.2, 0.25) is 0 Å². The van der Waals surface area contributed by atoms with Gasteiger partial charge in [0, 0.05) is 6.04 Å². The van der Waals surface area contributed by atoms with E-state index in [0.29, 0.717) is 0 Å². The fourth-order valence-electron chi connectivity index (χ4n) is 1.77. The van der Waals surface area contributed by atoms with Gasteiger partial charge in [0.15, 0.2) is 0 Å². The lowest BCUT2D eigenvalue weighted by molar-refractivity contribution is 0.805.